The van der Waals surface area contributed by atoms with Crippen LogP contribution >= 0.6 is 0 Å². The van der Waals surface area contributed by atoms with E-state index in [0.29, 0.717) is 11.3 Å². The summed E-state index contributed by atoms with van der Waals surface area (Å²) in [5, 5.41) is 18.3. The summed E-state index contributed by atoms with van der Waals surface area (Å²) in [6.45, 7) is 3.43. The summed E-state index contributed by atoms with van der Waals surface area (Å²) in [6, 6.07) is 13.5. The number of ether oxygens (including phenoxy) is 1. The van der Waals surface area contributed by atoms with E-state index >= 15 is 0 Å². The fraction of sp³-hybridized carbons (Fsp3) is 0.407. The zero-order chi connectivity index (χ0) is 22.5. The van der Waals surface area contributed by atoms with Gasteiger partial charge in [0.2, 0.25) is 0 Å². The van der Waals surface area contributed by atoms with Crippen LogP contribution in [0.2, 0.25) is 0 Å². The number of rotatable bonds is 7. The molecule has 2 aromatic carbocycles. The molecule has 0 atom stereocenters. The van der Waals surface area contributed by atoms with Crippen molar-refractivity contribution < 1.29 is 24.5 Å². The highest BCUT2D eigenvalue weighted by atomic mass is 16.5. The molecule has 0 aliphatic heterocycles. The lowest BCUT2D eigenvalue weighted by Crippen LogP contribution is -2.48. The third-order valence-electron chi connectivity index (χ3n) is 7.76. The van der Waals surface area contributed by atoms with Crippen LogP contribution in [0, 0.1) is 17.8 Å². The second-order valence-corrected chi connectivity index (χ2v) is 9.95. The first-order valence-corrected chi connectivity index (χ1v) is 11.3. The van der Waals surface area contributed by atoms with Crippen molar-refractivity contribution in [1.82, 2.24) is 0 Å². The minimum Gasteiger partial charge on any atom is -0.482 e. The maximum absolute atomic E-state index is 11.6. The van der Waals surface area contributed by atoms with E-state index in [-0.39, 0.29) is 17.6 Å². The molecule has 5 heteroatoms. The van der Waals surface area contributed by atoms with Gasteiger partial charge in [-0.3, -0.25) is 0 Å². The normalized spacial score (nSPS) is 27.8. The Morgan fingerprint density at radius 2 is 1.53 bits per heavy atom. The Labute approximate surface area is 187 Å². The van der Waals surface area contributed by atoms with Gasteiger partial charge in [-0.2, -0.15) is 0 Å². The van der Waals surface area contributed by atoms with E-state index in [4.69, 9.17) is 9.84 Å². The van der Waals surface area contributed by atoms with Gasteiger partial charge in [0.1, 0.15) is 5.75 Å². The van der Waals surface area contributed by atoms with Crippen molar-refractivity contribution in [2.24, 2.45) is 17.8 Å². The molecule has 4 bridgehead atoms. The minimum atomic E-state index is -1.01. The third kappa shape index (κ3) is 3.70. The number of aliphatic carboxylic acids is 2. The molecular formula is C27H28O5. The van der Waals surface area contributed by atoms with Crippen molar-refractivity contribution >= 4 is 17.5 Å². The Bertz CT molecular complexity index is 1050. The summed E-state index contributed by atoms with van der Waals surface area (Å²) in [5.74, 6) is 0.830. The maximum atomic E-state index is 11.6. The fourth-order valence-electron chi connectivity index (χ4n) is 6.86. The number of hydrogen-bond donors (Lipinski definition) is 2. The molecule has 0 aromatic heterocycles. The largest absolute Gasteiger partial charge is 0.482 e. The average molecular weight is 433 g/mol. The first-order valence-electron chi connectivity index (χ1n) is 11.3. The lowest BCUT2D eigenvalue weighted by Gasteiger charge is -2.57. The van der Waals surface area contributed by atoms with E-state index in [2.05, 4.69) is 12.6 Å². The highest BCUT2D eigenvalue weighted by Gasteiger charge is 2.52. The van der Waals surface area contributed by atoms with Gasteiger partial charge in [0.05, 0.1) is 5.57 Å². The van der Waals surface area contributed by atoms with E-state index in [9.17, 15) is 14.7 Å². The van der Waals surface area contributed by atoms with Gasteiger partial charge in [0.25, 0.3) is 0 Å². The van der Waals surface area contributed by atoms with Crippen LogP contribution in [0.25, 0.3) is 16.7 Å². The Balaban J connectivity index is 1.56. The molecule has 2 N–H and O–H groups in total. The molecule has 0 spiro atoms. The van der Waals surface area contributed by atoms with Gasteiger partial charge >= 0.3 is 11.9 Å². The SMILES string of the molecule is C=C(C(=O)O)c1ccc(-c2ccc(OCC(=O)O)cc2)c(C23CC4CC(CC(C4)C2)C3)c1. The molecule has 0 heterocycles. The average Bonchev–Trinajstić information content (AvgIpc) is 2.76. The Morgan fingerprint density at radius 1 is 0.938 bits per heavy atom. The molecule has 166 valence electrons. The van der Waals surface area contributed by atoms with E-state index < -0.39 is 11.9 Å². The lowest BCUT2D eigenvalue weighted by molar-refractivity contribution is -0.139. The molecule has 32 heavy (non-hydrogen) atoms. The smallest absolute Gasteiger partial charge is 0.341 e. The van der Waals surface area contributed by atoms with Gasteiger partial charge in [-0.25, -0.2) is 9.59 Å². The zero-order valence-corrected chi connectivity index (χ0v) is 18.0. The summed E-state index contributed by atoms with van der Waals surface area (Å²) in [4.78, 5) is 22.4. The topological polar surface area (TPSA) is 83.8 Å². The molecule has 5 nitrogen and oxygen atoms in total. The van der Waals surface area contributed by atoms with Gasteiger partial charge in [0.15, 0.2) is 6.61 Å². The second-order valence-electron chi connectivity index (χ2n) is 9.95. The molecule has 6 rings (SSSR count). The molecular weight excluding hydrogens is 404 g/mol. The van der Waals surface area contributed by atoms with Gasteiger partial charge in [-0.05, 0) is 102 Å². The van der Waals surface area contributed by atoms with Crippen molar-refractivity contribution in [2.75, 3.05) is 6.61 Å². The molecule has 0 unspecified atom stereocenters. The summed E-state index contributed by atoms with van der Waals surface area (Å²) in [6.07, 6.45) is 7.54. The quantitative estimate of drug-likeness (QED) is 0.574. The highest BCUT2D eigenvalue weighted by molar-refractivity contribution is 6.14. The third-order valence-corrected chi connectivity index (χ3v) is 7.76. The van der Waals surface area contributed by atoms with Gasteiger partial charge in [-0.1, -0.05) is 30.8 Å². The monoisotopic (exact) mass is 432 g/mol. The Hall–Kier alpha value is -3.08. The highest BCUT2D eigenvalue weighted by Crippen LogP contribution is 2.62. The van der Waals surface area contributed by atoms with Crippen LogP contribution in [-0.2, 0) is 15.0 Å². The van der Waals surface area contributed by atoms with Crippen molar-refractivity contribution in [3.63, 3.8) is 0 Å². The van der Waals surface area contributed by atoms with E-state index in [1.807, 2.05) is 24.3 Å². The van der Waals surface area contributed by atoms with Crippen molar-refractivity contribution in [1.29, 1.82) is 0 Å². The summed E-state index contributed by atoms with van der Waals surface area (Å²) in [5.41, 5.74) is 4.30. The Morgan fingerprint density at radius 3 is 2.06 bits per heavy atom. The molecule has 2 aromatic rings. The predicted molar refractivity (Wildman–Crippen MR) is 122 cm³/mol. The minimum absolute atomic E-state index is 0.0946. The Kier molecular flexibility index (Phi) is 5.07. The predicted octanol–water partition coefficient (Wildman–Crippen LogP) is 5.38. The summed E-state index contributed by atoms with van der Waals surface area (Å²) in [7, 11) is 0. The molecule has 0 saturated heterocycles. The van der Waals surface area contributed by atoms with Crippen LogP contribution in [0.3, 0.4) is 0 Å². The van der Waals surface area contributed by atoms with Crippen LogP contribution < -0.4 is 4.74 Å². The van der Waals surface area contributed by atoms with Crippen LogP contribution in [0.5, 0.6) is 5.75 Å². The number of benzene rings is 2. The van der Waals surface area contributed by atoms with E-state index in [0.717, 1.165) is 28.9 Å². The molecule has 4 aliphatic rings. The summed E-state index contributed by atoms with van der Waals surface area (Å²) < 4.78 is 5.29. The molecule has 0 radical (unpaired) electrons. The number of hydrogen-bond acceptors (Lipinski definition) is 3. The van der Waals surface area contributed by atoms with Crippen LogP contribution in [0.15, 0.2) is 49.0 Å². The molecule has 4 fully saturated rings. The molecule has 4 saturated carbocycles. The van der Waals surface area contributed by atoms with Gasteiger partial charge < -0.3 is 14.9 Å². The number of carboxylic acids is 2. The second kappa shape index (κ2) is 7.80. The number of carbonyl (C=O) groups is 2. The first-order chi connectivity index (χ1) is 15.3. The molecule has 0 amide bonds. The van der Waals surface area contributed by atoms with E-state index in [1.165, 1.54) is 44.1 Å². The van der Waals surface area contributed by atoms with Gasteiger partial charge in [0, 0.05) is 0 Å². The van der Waals surface area contributed by atoms with Crippen molar-refractivity contribution in [3.8, 4) is 16.9 Å². The molecule has 4 aliphatic carbocycles. The standard InChI is InChI=1S/C27H28O5/c1-16(26(30)31)21-4-7-23(20-2-5-22(6-3-20)32-15-25(28)29)24(11-21)27-12-17-8-18(13-27)10-19(9-17)14-27/h2-7,11,17-19H,1,8-10,12-15H2,(H,28,29)(H,30,31). The first kappa shape index (κ1) is 20.8. The van der Waals surface area contributed by atoms with Crippen LogP contribution in [0.1, 0.15) is 49.7 Å². The lowest BCUT2D eigenvalue weighted by atomic mass is 9.47. The van der Waals surface area contributed by atoms with Crippen molar-refractivity contribution in [3.05, 3.63) is 60.2 Å². The maximum Gasteiger partial charge on any atom is 0.341 e. The van der Waals surface area contributed by atoms with Crippen LogP contribution in [0.4, 0.5) is 0 Å². The van der Waals surface area contributed by atoms with Crippen LogP contribution in [-0.4, -0.2) is 28.8 Å². The number of carboxylic acid groups (broad SMARTS) is 2. The van der Waals surface area contributed by atoms with Crippen molar-refractivity contribution in [2.45, 2.75) is 43.9 Å². The van der Waals surface area contributed by atoms with Gasteiger partial charge in [-0.15, -0.1) is 0 Å². The van der Waals surface area contributed by atoms with E-state index in [1.54, 1.807) is 12.1 Å². The summed E-state index contributed by atoms with van der Waals surface area (Å²) >= 11 is 0. The fourth-order valence-corrected chi connectivity index (χ4v) is 6.86. The zero-order valence-electron chi connectivity index (χ0n) is 18.0.